The molecular formula is C21H21FN2O3S2. The molecule has 5 nitrogen and oxygen atoms in total. The Hall–Kier alpha value is -2.32. The summed E-state index contributed by atoms with van der Waals surface area (Å²) in [6.45, 7) is 1.91. The van der Waals surface area contributed by atoms with Gasteiger partial charge in [0.1, 0.15) is 16.1 Å². The van der Waals surface area contributed by atoms with Gasteiger partial charge in [-0.1, -0.05) is 12.1 Å². The van der Waals surface area contributed by atoms with Gasteiger partial charge in [-0.3, -0.25) is 4.79 Å². The highest BCUT2D eigenvalue weighted by Crippen LogP contribution is 2.36. The first-order valence-corrected chi connectivity index (χ1v) is 11.9. The van der Waals surface area contributed by atoms with E-state index in [1.165, 1.54) is 19.1 Å². The van der Waals surface area contributed by atoms with Crippen molar-refractivity contribution in [2.75, 3.05) is 6.54 Å². The van der Waals surface area contributed by atoms with Crippen LogP contribution < -0.4 is 0 Å². The maximum atomic E-state index is 13.2. The molecule has 0 N–H and O–H groups in total. The Kier molecular flexibility index (Phi) is 5.40. The molecule has 1 amide bonds. The molecule has 1 aliphatic heterocycles. The monoisotopic (exact) mass is 432 g/mol. The van der Waals surface area contributed by atoms with E-state index in [2.05, 4.69) is 0 Å². The molecular weight excluding hydrogens is 411 g/mol. The van der Waals surface area contributed by atoms with Crippen LogP contribution in [0.15, 0.2) is 53.4 Å². The standard InChI is InChI=1S/C21H21FN2O3S2/c1-14(29(26,27)16-11-9-15(22)10-12-16)21(25)24-13-5-4-7-18(24)20-23-17-6-2-3-8-19(17)28-20/h2-3,6,8-12,14,18H,4-5,7,13H2,1H3. The number of benzene rings is 2. The van der Waals surface area contributed by atoms with Gasteiger partial charge in [0.25, 0.3) is 0 Å². The van der Waals surface area contributed by atoms with Crippen LogP contribution in [0.3, 0.4) is 0 Å². The van der Waals surface area contributed by atoms with Gasteiger partial charge in [0.05, 0.1) is 21.2 Å². The Morgan fingerprint density at radius 2 is 1.90 bits per heavy atom. The van der Waals surface area contributed by atoms with E-state index >= 15 is 0 Å². The normalized spacial score (nSPS) is 18.7. The molecule has 0 spiro atoms. The summed E-state index contributed by atoms with van der Waals surface area (Å²) >= 11 is 1.55. The van der Waals surface area contributed by atoms with Crippen molar-refractivity contribution in [2.24, 2.45) is 0 Å². The Balaban J connectivity index is 1.63. The number of piperidine rings is 1. The fraction of sp³-hybridized carbons (Fsp3) is 0.333. The molecule has 1 aliphatic rings. The number of hydrogen-bond acceptors (Lipinski definition) is 5. The number of amides is 1. The number of para-hydroxylation sites is 1. The molecule has 0 radical (unpaired) electrons. The number of hydrogen-bond donors (Lipinski definition) is 0. The second kappa shape index (κ2) is 7.84. The lowest BCUT2D eigenvalue weighted by molar-refractivity contribution is -0.134. The topological polar surface area (TPSA) is 67.3 Å². The van der Waals surface area contributed by atoms with Crippen molar-refractivity contribution in [3.8, 4) is 0 Å². The zero-order valence-electron chi connectivity index (χ0n) is 15.9. The number of aromatic nitrogens is 1. The van der Waals surface area contributed by atoms with Crippen molar-refractivity contribution in [3.63, 3.8) is 0 Å². The van der Waals surface area contributed by atoms with Crippen LogP contribution in [-0.4, -0.2) is 36.0 Å². The molecule has 0 saturated carbocycles. The molecule has 29 heavy (non-hydrogen) atoms. The molecule has 152 valence electrons. The smallest absolute Gasteiger partial charge is 0.241 e. The second-order valence-electron chi connectivity index (χ2n) is 7.20. The number of fused-ring (bicyclic) bond motifs is 1. The number of carbonyl (C=O) groups is 1. The SMILES string of the molecule is CC(C(=O)N1CCCCC1c1nc2ccccc2s1)S(=O)(=O)c1ccc(F)cc1. The summed E-state index contributed by atoms with van der Waals surface area (Å²) in [5.41, 5.74) is 0.887. The first-order chi connectivity index (χ1) is 13.9. The molecule has 0 bridgehead atoms. The van der Waals surface area contributed by atoms with Gasteiger partial charge >= 0.3 is 0 Å². The first-order valence-electron chi connectivity index (χ1n) is 9.53. The van der Waals surface area contributed by atoms with E-state index in [1.807, 2.05) is 24.3 Å². The van der Waals surface area contributed by atoms with Gasteiger partial charge < -0.3 is 4.90 Å². The summed E-state index contributed by atoms with van der Waals surface area (Å²) in [7, 11) is -3.91. The molecule has 2 atom stereocenters. The first kappa shape index (κ1) is 20.0. The van der Waals surface area contributed by atoms with E-state index < -0.39 is 26.8 Å². The summed E-state index contributed by atoms with van der Waals surface area (Å²) in [5, 5.41) is -0.409. The summed E-state index contributed by atoms with van der Waals surface area (Å²) in [6.07, 6.45) is 2.55. The number of carbonyl (C=O) groups excluding carboxylic acids is 1. The highest BCUT2D eigenvalue weighted by atomic mass is 32.2. The van der Waals surface area contributed by atoms with Crippen LogP contribution in [0.2, 0.25) is 0 Å². The lowest BCUT2D eigenvalue weighted by Gasteiger charge is -2.36. The summed E-state index contributed by atoms with van der Waals surface area (Å²) < 4.78 is 40.1. The fourth-order valence-corrected chi connectivity index (χ4v) is 6.12. The van der Waals surface area contributed by atoms with Gasteiger partial charge in [-0.15, -0.1) is 11.3 Å². The summed E-state index contributed by atoms with van der Waals surface area (Å²) in [4.78, 5) is 19.5. The average molecular weight is 433 g/mol. The molecule has 2 heterocycles. The molecule has 1 saturated heterocycles. The highest BCUT2D eigenvalue weighted by molar-refractivity contribution is 7.92. The predicted octanol–water partition coefficient (Wildman–Crippen LogP) is 4.35. The van der Waals surface area contributed by atoms with Gasteiger partial charge in [0.2, 0.25) is 5.91 Å². The zero-order valence-corrected chi connectivity index (χ0v) is 17.5. The molecule has 4 rings (SSSR count). The Morgan fingerprint density at radius 1 is 1.17 bits per heavy atom. The van der Waals surface area contributed by atoms with E-state index in [-0.39, 0.29) is 10.9 Å². The van der Waals surface area contributed by atoms with Crippen LogP contribution in [0.1, 0.15) is 37.2 Å². The van der Waals surface area contributed by atoms with Gasteiger partial charge in [0, 0.05) is 6.54 Å². The van der Waals surface area contributed by atoms with Crippen molar-refractivity contribution >= 4 is 37.3 Å². The average Bonchev–Trinajstić information content (AvgIpc) is 3.17. The molecule has 2 aromatic carbocycles. The molecule has 1 fully saturated rings. The Bertz CT molecular complexity index is 1110. The van der Waals surface area contributed by atoms with Crippen LogP contribution in [-0.2, 0) is 14.6 Å². The molecule has 3 aromatic rings. The highest BCUT2D eigenvalue weighted by Gasteiger charge is 2.38. The minimum Gasteiger partial charge on any atom is -0.332 e. The van der Waals surface area contributed by atoms with Crippen LogP contribution >= 0.6 is 11.3 Å². The second-order valence-corrected chi connectivity index (χ2v) is 10.5. The molecule has 1 aromatic heterocycles. The maximum Gasteiger partial charge on any atom is 0.241 e. The van der Waals surface area contributed by atoms with Gasteiger partial charge in [0.15, 0.2) is 9.84 Å². The lowest BCUT2D eigenvalue weighted by Crippen LogP contribution is -2.45. The number of nitrogens with zero attached hydrogens (tertiary/aromatic N) is 2. The van der Waals surface area contributed by atoms with Crippen molar-refractivity contribution < 1.29 is 17.6 Å². The number of likely N-dealkylation sites (tertiary alicyclic amines) is 1. The van der Waals surface area contributed by atoms with E-state index in [1.54, 1.807) is 16.2 Å². The minimum atomic E-state index is -3.91. The van der Waals surface area contributed by atoms with Crippen LogP contribution in [0, 0.1) is 5.82 Å². The zero-order chi connectivity index (χ0) is 20.6. The quantitative estimate of drug-likeness (QED) is 0.575. The summed E-state index contributed by atoms with van der Waals surface area (Å²) in [6, 6.07) is 12.2. The number of halogens is 1. The van der Waals surface area contributed by atoms with E-state index in [4.69, 9.17) is 4.98 Å². The third-order valence-corrected chi connectivity index (χ3v) is 8.54. The number of thiazole rings is 1. The lowest BCUT2D eigenvalue weighted by atomic mass is 10.0. The van der Waals surface area contributed by atoms with Gasteiger partial charge in [-0.2, -0.15) is 0 Å². The molecule has 2 unspecified atom stereocenters. The van der Waals surface area contributed by atoms with E-state index in [0.717, 1.165) is 46.6 Å². The minimum absolute atomic E-state index is 0.0479. The van der Waals surface area contributed by atoms with E-state index in [0.29, 0.717) is 6.54 Å². The van der Waals surface area contributed by atoms with E-state index in [9.17, 15) is 17.6 Å². The maximum absolute atomic E-state index is 13.2. The van der Waals surface area contributed by atoms with Crippen molar-refractivity contribution in [3.05, 3.63) is 59.4 Å². The fourth-order valence-electron chi connectivity index (χ4n) is 3.68. The number of rotatable bonds is 4. The molecule has 0 aliphatic carbocycles. The largest absolute Gasteiger partial charge is 0.332 e. The Labute approximate surface area is 173 Å². The Morgan fingerprint density at radius 3 is 2.62 bits per heavy atom. The summed E-state index contributed by atoms with van der Waals surface area (Å²) in [5.74, 6) is -0.951. The van der Waals surface area contributed by atoms with Crippen LogP contribution in [0.4, 0.5) is 4.39 Å². The molecule has 8 heteroatoms. The van der Waals surface area contributed by atoms with Crippen molar-refractivity contribution in [2.45, 2.75) is 42.4 Å². The number of sulfone groups is 1. The van der Waals surface area contributed by atoms with Crippen molar-refractivity contribution in [1.82, 2.24) is 9.88 Å². The van der Waals surface area contributed by atoms with Crippen LogP contribution in [0.25, 0.3) is 10.2 Å². The third kappa shape index (κ3) is 3.79. The predicted molar refractivity (Wildman–Crippen MR) is 111 cm³/mol. The van der Waals surface area contributed by atoms with Crippen molar-refractivity contribution in [1.29, 1.82) is 0 Å². The van der Waals surface area contributed by atoms with Gasteiger partial charge in [-0.05, 0) is 62.6 Å². The van der Waals surface area contributed by atoms with Crippen LogP contribution in [0.5, 0.6) is 0 Å². The van der Waals surface area contributed by atoms with Gasteiger partial charge in [-0.25, -0.2) is 17.8 Å². The third-order valence-electron chi connectivity index (χ3n) is 5.34.